The van der Waals surface area contributed by atoms with Gasteiger partial charge in [0.2, 0.25) is 5.91 Å². The highest BCUT2D eigenvalue weighted by atomic mass is 79.9. The molecular formula is C14H13BrN2O2. The highest BCUT2D eigenvalue weighted by Gasteiger charge is 2.07. The summed E-state index contributed by atoms with van der Waals surface area (Å²) in [5, 5.41) is 2.69. The third kappa shape index (κ3) is 3.81. The van der Waals surface area contributed by atoms with Gasteiger partial charge in [0.05, 0.1) is 12.2 Å². The number of benzene rings is 2. The van der Waals surface area contributed by atoms with Crippen LogP contribution in [0.5, 0.6) is 11.5 Å². The van der Waals surface area contributed by atoms with Gasteiger partial charge in [0.15, 0.2) is 5.75 Å². The summed E-state index contributed by atoms with van der Waals surface area (Å²) in [6, 6.07) is 14.7. The topological polar surface area (TPSA) is 64.4 Å². The lowest BCUT2D eigenvalue weighted by atomic mass is 10.3. The molecule has 5 heteroatoms. The van der Waals surface area contributed by atoms with Crippen molar-refractivity contribution in [2.45, 2.75) is 0 Å². The SMILES string of the molecule is NCC(=O)Nc1ccccc1Oc1ccc(Br)cc1. The van der Waals surface area contributed by atoms with Gasteiger partial charge in [-0.3, -0.25) is 4.79 Å². The summed E-state index contributed by atoms with van der Waals surface area (Å²) in [6.45, 7) is -0.0629. The Balaban J connectivity index is 2.20. The molecule has 0 atom stereocenters. The first-order valence-electron chi connectivity index (χ1n) is 5.71. The smallest absolute Gasteiger partial charge is 0.238 e. The van der Waals surface area contributed by atoms with E-state index in [0.717, 1.165) is 4.47 Å². The van der Waals surface area contributed by atoms with E-state index in [2.05, 4.69) is 21.2 Å². The van der Waals surface area contributed by atoms with Gasteiger partial charge in [-0.2, -0.15) is 0 Å². The van der Waals surface area contributed by atoms with E-state index < -0.39 is 0 Å². The van der Waals surface area contributed by atoms with E-state index in [0.29, 0.717) is 17.2 Å². The number of ether oxygens (including phenoxy) is 1. The Morgan fingerprint density at radius 3 is 2.53 bits per heavy atom. The zero-order valence-corrected chi connectivity index (χ0v) is 11.7. The Hall–Kier alpha value is -1.85. The Kier molecular flexibility index (Phi) is 4.54. The van der Waals surface area contributed by atoms with Crippen LogP contribution >= 0.6 is 15.9 Å². The summed E-state index contributed by atoms with van der Waals surface area (Å²) >= 11 is 3.36. The zero-order chi connectivity index (χ0) is 13.7. The predicted molar refractivity (Wildman–Crippen MR) is 78.3 cm³/mol. The molecule has 19 heavy (non-hydrogen) atoms. The number of nitrogens with one attached hydrogen (secondary N) is 1. The van der Waals surface area contributed by atoms with Gasteiger partial charge in [-0.1, -0.05) is 28.1 Å². The molecule has 2 aromatic rings. The second kappa shape index (κ2) is 6.36. The number of carbonyl (C=O) groups is 1. The fourth-order valence-corrected chi connectivity index (χ4v) is 1.75. The maximum Gasteiger partial charge on any atom is 0.238 e. The lowest BCUT2D eigenvalue weighted by Crippen LogP contribution is -2.22. The monoisotopic (exact) mass is 320 g/mol. The molecule has 0 bridgehead atoms. The zero-order valence-electron chi connectivity index (χ0n) is 10.1. The minimum Gasteiger partial charge on any atom is -0.455 e. The van der Waals surface area contributed by atoms with Crippen LogP contribution in [0.4, 0.5) is 5.69 Å². The van der Waals surface area contributed by atoms with Crippen LogP contribution in [0.3, 0.4) is 0 Å². The van der Waals surface area contributed by atoms with E-state index in [-0.39, 0.29) is 12.5 Å². The fraction of sp³-hybridized carbons (Fsp3) is 0.0714. The lowest BCUT2D eigenvalue weighted by molar-refractivity contribution is -0.114. The molecule has 0 unspecified atom stereocenters. The Morgan fingerprint density at radius 2 is 1.84 bits per heavy atom. The molecule has 3 N–H and O–H groups in total. The Labute approximate surface area is 119 Å². The van der Waals surface area contributed by atoms with Crippen LogP contribution in [0.1, 0.15) is 0 Å². The fourth-order valence-electron chi connectivity index (χ4n) is 1.49. The summed E-state index contributed by atoms with van der Waals surface area (Å²) in [7, 11) is 0. The molecular weight excluding hydrogens is 308 g/mol. The minimum atomic E-state index is -0.258. The van der Waals surface area contributed by atoms with Crippen molar-refractivity contribution in [3.05, 3.63) is 53.0 Å². The highest BCUT2D eigenvalue weighted by molar-refractivity contribution is 9.10. The van der Waals surface area contributed by atoms with Crippen molar-refractivity contribution in [1.29, 1.82) is 0 Å². The molecule has 0 radical (unpaired) electrons. The van der Waals surface area contributed by atoms with Crippen molar-refractivity contribution in [1.82, 2.24) is 0 Å². The molecule has 2 rings (SSSR count). The lowest BCUT2D eigenvalue weighted by Gasteiger charge is -2.11. The molecule has 0 fully saturated rings. The summed E-state index contributed by atoms with van der Waals surface area (Å²) in [5.41, 5.74) is 5.88. The number of hydrogen-bond donors (Lipinski definition) is 2. The van der Waals surface area contributed by atoms with Crippen molar-refractivity contribution >= 4 is 27.5 Å². The average Bonchev–Trinajstić information content (AvgIpc) is 2.43. The van der Waals surface area contributed by atoms with Crippen LogP contribution in [0.2, 0.25) is 0 Å². The molecule has 1 amide bonds. The molecule has 0 aliphatic rings. The number of amides is 1. The molecule has 0 spiro atoms. The number of halogens is 1. The summed E-state index contributed by atoms with van der Waals surface area (Å²) in [6.07, 6.45) is 0. The molecule has 0 aliphatic carbocycles. The number of nitrogens with two attached hydrogens (primary N) is 1. The van der Waals surface area contributed by atoms with Gasteiger partial charge in [-0.05, 0) is 36.4 Å². The van der Waals surface area contributed by atoms with Crippen molar-refractivity contribution in [3.63, 3.8) is 0 Å². The molecule has 0 saturated heterocycles. The normalized spacial score (nSPS) is 10.0. The van der Waals surface area contributed by atoms with E-state index in [9.17, 15) is 4.79 Å². The molecule has 0 aliphatic heterocycles. The third-order valence-electron chi connectivity index (χ3n) is 2.39. The number of hydrogen-bond acceptors (Lipinski definition) is 3. The van der Waals surface area contributed by atoms with Crippen LogP contribution < -0.4 is 15.8 Å². The molecule has 98 valence electrons. The summed E-state index contributed by atoms with van der Waals surface area (Å²) in [4.78, 5) is 11.3. The van der Waals surface area contributed by atoms with Crippen LogP contribution in [-0.2, 0) is 4.79 Å². The highest BCUT2D eigenvalue weighted by Crippen LogP contribution is 2.29. The number of carbonyl (C=O) groups excluding carboxylic acids is 1. The standard InChI is InChI=1S/C14H13BrN2O2/c15-10-5-7-11(8-6-10)19-13-4-2-1-3-12(13)17-14(18)9-16/h1-8H,9,16H2,(H,17,18). The van der Waals surface area contributed by atoms with Gasteiger partial charge >= 0.3 is 0 Å². The van der Waals surface area contributed by atoms with Crippen molar-refractivity contribution in [3.8, 4) is 11.5 Å². The quantitative estimate of drug-likeness (QED) is 0.909. The molecule has 4 nitrogen and oxygen atoms in total. The van der Waals surface area contributed by atoms with Crippen LogP contribution in [0, 0.1) is 0 Å². The summed E-state index contributed by atoms with van der Waals surface area (Å²) < 4.78 is 6.71. The van der Waals surface area contributed by atoms with Crippen molar-refractivity contribution < 1.29 is 9.53 Å². The van der Waals surface area contributed by atoms with Gasteiger partial charge in [0.25, 0.3) is 0 Å². The maximum atomic E-state index is 11.3. The van der Waals surface area contributed by atoms with Gasteiger partial charge < -0.3 is 15.8 Å². The van der Waals surface area contributed by atoms with Gasteiger partial charge in [0, 0.05) is 4.47 Å². The van der Waals surface area contributed by atoms with E-state index in [1.54, 1.807) is 12.1 Å². The summed E-state index contributed by atoms with van der Waals surface area (Å²) in [5.74, 6) is 1.01. The van der Waals surface area contributed by atoms with E-state index in [1.807, 2.05) is 36.4 Å². The van der Waals surface area contributed by atoms with E-state index in [1.165, 1.54) is 0 Å². The number of para-hydroxylation sites is 2. The van der Waals surface area contributed by atoms with Crippen LogP contribution in [-0.4, -0.2) is 12.5 Å². The Bertz CT molecular complexity index is 570. The average molecular weight is 321 g/mol. The Morgan fingerprint density at radius 1 is 1.16 bits per heavy atom. The molecule has 0 aromatic heterocycles. The van der Waals surface area contributed by atoms with Crippen LogP contribution in [0.25, 0.3) is 0 Å². The molecule has 2 aromatic carbocycles. The second-order valence-corrected chi connectivity index (χ2v) is 4.72. The van der Waals surface area contributed by atoms with Gasteiger partial charge in [-0.25, -0.2) is 0 Å². The minimum absolute atomic E-state index is 0.0629. The van der Waals surface area contributed by atoms with Crippen LogP contribution in [0.15, 0.2) is 53.0 Å². The van der Waals surface area contributed by atoms with E-state index in [4.69, 9.17) is 10.5 Å². The van der Waals surface area contributed by atoms with Crippen molar-refractivity contribution in [2.24, 2.45) is 5.73 Å². The number of rotatable bonds is 4. The predicted octanol–water partition coefficient (Wildman–Crippen LogP) is 3.14. The first-order chi connectivity index (χ1) is 9.19. The third-order valence-corrected chi connectivity index (χ3v) is 2.92. The van der Waals surface area contributed by atoms with Gasteiger partial charge in [-0.15, -0.1) is 0 Å². The maximum absolute atomic E-state index is 11.3. The van der Waals surface area contributed by atoms with Crippen molar-refractivity contribution in [2.75, 3.05) is 11.9 Å². The number of anilines is 1. The molecule has 0 heterocycles. The van der Waals surface area contributed by atoms with E-state index >= 15 is 0 Å². The molecule has 0 saturated carbocycles. The second-order valence-electron chi connectivity index (χ2n) is 3.80. The van der Waals surface area contributed by atoms with Gasteiger partial charge in [0.1, 0.15) is 5.75 Å². The largest absolute Gasteiger partial charge is 0.455 e. The first kappa shape index (κ1) is 13.6. The first-order valence-corrected chi connectivity index (χ1v) is 6.50.